The van der Waals surface area contributed by atoms with Gasteiger partial charge in [-0.2, -0.15) is 13.2 Å². The fraction of sp³-hybridized carbons (Fsp3) is 0.571. The molecule has 0 amide bonds. The number of para-hydroxylation sites is 1. The lowest BCUT2D eigenvalue weighted by Crippen LogP contribution is -2.36. The van der Waals surface area contributed by atoms with Crippen molar-refractivity contribution < 1.29 is 23.4 Å². The second-order valence-electron chi connectivity index (χ2n) is 5.26. The molecule has 1 aromatic rings. The number of phenols is 2. The Labute approximate surface area is 115 Å². The number of aromatic hydroxyl groups is 2. The molecule has 20 heavy (non-hydrogen) atoms. The Kier molecular flexibility index (Phi) is 4.42. The van der Waals surface area contributed by atoms with Crippen molar-refractivity contribution in [3.05, 3.63) is 23.8 Å². The summed E-state index contributed by atoms with van der Waals surface area (Å²) in [4.78, 5) is 0. The largest absolute Gasteiger partial charge is 0.504 e. The number of hydrogen-bond donors (Lipinski definition) is 3. The first kappa shape index (κ1) is 15.0. The van der Waals surface area contributed by atoms with E-state index < -0.39 is 12.1 Å². The van der Waals surface area contributed by atoms with Gasteiger partial charge in [0.05, 0.1) is 5.92 Å². The van der Waals surface area contributed by atoms with Gasteiger partial charge in [0.1, 0.15) is 0 Å². The molecule has 0 radical (unpaired) electrons. The van der Waals surface area contributed by atoms with Crippen LogP contribution in [-0.2, 0) is 6.54 Å². The van der Waals surface area contributed by atoms with E-state index in [-0.39, 0.29) is 30.4 Å². The van der Waals surface area contributed by atoms with Crippen LogP contribution in [0.25, 0.3) is 0 Å². The molecule has 0 saturated heterocycles. The van der Waals surface area contributed by atoms with Crippen LogP contribution in [0.1, 0.15) is 31.2 Å². The third kappa shape index (κ3) is 3.56. The third-order valence-corrected chi connectivity index (χ3v) is 3.87. The predicted octanol–water partition coefficient (Wildman–Crippen LogP) is 3.31. The minimum atomic E-state index is -4.09. The van der Waals surface area contributed by atoms with E-state index in [2.05, 4.69) is 5.32 Å². The first-order valence-corrected chi connectivity index (χ1v) is 6.68. The van der Waals surface area contributed by atoms with E-state index in [1.807, 2.05) is 0 Å². The Morgan fingerprint density at radius 1 is 1.10 bits per heavy atom. The highest BCUT2D eigenvalue weighted by molar-refractivity contribution is 5.44. The van der Waals surface area contributed by atoms with Gasteiger partial charge in [0.15, 0.2) is 11.5 Å². The van der Waals surface area contributed by atoms with E-state index in [4.69, 9.17) is 0 Å². The van der Waals surface area contributed by atoms with E-state index in [0.717, 1.165) is 0 Å². The first-order chi connectivity index (χ1) is 9.38. The molecular formula is C14H18F3NO2. The molecule has 0 aliphatic heterocycles. The van der Waals surface area contributed by atoms with Crippen molar-refractivity contribution in [2.24, 2.45) is 5.92 Å². The van der Waals surface area contributed by atoms with Crippen LogP contribution in [-0.4, -0.2) is 22.4 Å². The summed E-state index contributed by atoms with van der Waals surface area (Å²) in [5.74, 6) is -1.55. The molecule has 1 aromatic carbocycles. The molecule has 6 heteroatoms. The number of hydrogen-bond acceptors (Lipinski definition) is 3. The molecule has 0 bridgehead atoms. The average molecular weight is 289 g/mol. The third-order valence-electron chi connectivity index (χ3n) is 3.87. The van der Waals surface area contributed by atoms with Crippen LogP contribution in [0.15, 0.2) is 18.2 Å². The number of benzene rings is 1. The maximum Gasteiger partial charge on any atom is 0.391 e. The van der Waals surface area contributed by atoms with Gasteiger partial charge in [-0.25, -0.2) is 0 Å². The standard InChI is InChI=1S/C14H18F3NO2/c15-14(16,17)10-4-6-11(7-5-10)18-8-9-2-1-3-12(19)13(9)20/h1-3,10-11,18-20H,4-8H2. The van der Waals surface area contributed by atoms with E-state index in [1.54, 1.807) is 12.1 Å². The van der Waals surface area contributed by atoms with Crippen LogP contribution >= 0.6 is 0 Å². The highest BCUT2D eigenvalue weighted by atomic mass is 19.4. The van der Waals surface area contributed by atoms with Gasteiger partial charge in [-0.1, -0.05) is 12.1 Å². The van der Waals surface area contributed by atoms with Crippen LogP contribution in [0.4, 0.5) is 13.2 Å². The summed E-state index contributed by atoms with van der Waals surface area (Å²) in [7, 11) is 0. The minimum absolute atomic E-state index is 0.0235. The molecule has 2 rings (SSSR count). The van der Waals surface area contributed by atoms with Gasteiger partial charge in [-0.05, 0) is 31.7 Å². The van der Waals surface area contributed by atoms with Crippen molar-refractivity contribution >= 4 is 0 Å². The highest BCUT2D eigenvalue weighted by Crippen LogP contribution is 2.37. The lowest BCUT2D eigenvalue weighted by atomic mass is 9.85. The van der Waals surface area contributed by atoms with Crippen LogP contribution in [0.2, 0.25) is 0 Å². The maximum atomic E-state index is 12.5. The molecule has 1 aliphatic rings. The van der Waals surface area contributed by atoms with Crippen molar-refractivity contribution in [1.29, 1.82) is 0 Å². The Bertz CT molecular complexity index is 454. The number of phenolic OH excluding ortho intramolecular Hbond substituents is 2. The molecule has 0 spiro atoms. The first-order valence-electron chi connectivity index (χ1n) is 6.68. The monoisotopic (exact) mass is 289 g/mol. The summed E-state index contributed by atoms with van der Waals surface area (Å²) in [6.45, 7) is 0.335. The van der Waals surface area contributed by atoms with Gasteiger partial charge in [-0.15, -0.1) is 0 Å². The molecule has 0 aromatic heterocycles. The van der Waals surface area contributed by atoms with Crippen molar-refractivity contribution in [2.45, 2.75) is 44.4 Å². The Morgan fingerprint density at radius 3 is 2.35 bits per heavy atom. The van der Waals surface area contributed by atoms with Gasteiger partial charge in [0.2, 0.25) is 0 Å². The van der Waals surface area contributed by atoms with E-state index >= 15 is 0 Å². The Balaban J connectivity index is 1.83. The lowest BCUT2D eigenvalue weighted by molar-refractivity contribution is -0.182. The normalized spacial score (nSPS) is 23.8. The highest BCUT2D eigenvalue weighted by Gasteiger charge is 2.41. The minimum Gasteiger partial charge on any atom is -0.504 e. The average Bonchev–Trinajstić information content (AvgIpc) is 2.40. The zero-order chi connectivity index (χ0) is 14.8. The Morgan fingerprint density at radius 2 is 1.75 bits per heavy atom. The van der Waals surface area contributed by atoms with Gasteiger partial charge >= 0.3 is 6.18 Å². The van der Waals surface area contributed by atoms with Crippen molar-refractivity contribution in [3.63, 3.8) is 0 Å². The van der Waals surface area contributed by atoms with Gasteiger partial charge in [0, 0.05) is 18.2 Å². The molecular weight excluding hydrogens is 271 g/mol. The van der Waals surface area contributed by atoms with Crippen LogP contribution < -0.4 is 5.32 Å². The van der Waals surface area contributed by atoms with Gasteiger partial charge in [-0.3, -0.25) is 0 Å². The summed E-state index contributed by atoms with van der Waals surface area (Å²) >= 11 is 0. The van der Waals surface area contributed by atoms with Gasteiger partial charge < -0.3 is 15.5 Å². The summed E-state index contributed by atoms with van der Waals surface area (Å²) in [5, 5.41) is 22.1. The SMILES string of the molecule is Oc1cccc(CNC2CCC(C(F)(F)F)CC2)c1O. The summed E-state index contributed by atoms with van der Waals surface area (Å²) in [6.07, 6.45) is -2.84. The molecule has 1 aliphatic carbocycles. The quantitative estimate of drug-likeness (QED) is 0.748. The van der Waals surface area contributed by atoms with E-state index in [9.17, 15) is 23.4 Å². The lowest BCUT2D eigenvalue weighted by Gasteiger charge is -2.30. The number of halogens is 3. The van der Waals surface area contributed by atoms with E-state index in [0.29, 0.717) is 24.9 Å². The number of alkyl halides is 3. The molecule has 0 atom stereocenters. The van der Waals surface area contributed by atoms with Crippen LogP contribution in [0.3, 0.4) is 0 Å². The van der Waals surface area contributed by atoms with Crippen LogP contribution in [0, 0.1) is 5.92 Å². The fourth-order valence-electron chi connectivity index (χ4n) is 2.60. The maximum absolute atomic E-state index is 12.5. The molecule has 112 valence electrons. The molecule has 3 N–H and O–H groups in total. The fourth-order valence-corrected chi connectivity index (χ4v) is 2.60. The summed E-state index contributed by atoms with van der Waals surface area (Å²) in [6, 6.07) is 4.69. The van der Waals surface area contributed by atoms with E-state index in [1.165, 1.54) is 6.07 Å². The predicted molar refractivity (Wildman–Crippen MR) is 68.4 cm³/mol. The van der Waals surface area contributed by atoms with Crippen LogP contribution in [0.5, 0.6) is 11.5 Å². The Hall–Kier alpha value is -1.43. The number of rotatable bonds is 3. The van der Waals surface area contributed by atoms with Crippen molar-refractivity contribution in [3.8, 4) is 11.5 Å². The smallest absolute Gasteiger partial charge is 0.391 e. The molecule has 0 heterocycles. The molecule has 1 fully saturated rings. The second kappa shape index (κ2) is 5.91. The zero-order valence-corrected chi connectivity index (χ0v) is 11.0. The van der Waals surface area contributed by atoms with Gasteiger partial charge in [0.25, 0.3) is 0 Å². The second-order valence-corrected chi connectivity index (χ2v) is 5.26. The summed E-state index contributed by atoms with van der Waals surface area (Å²) < 4.78 is 37.6. The molecule has 0 unspecified atom stereocenters. The number of nitrogens with one attached hydrogen (secondary N) is 1. The van der Waals surface area contributed by atoms with Crippen molar-refractivity contribution in [2.75, 3.05) is 0 Å². The summed E-state index contributed by atoms with van der Waals surface area (Å²) in [5.41, 5.74) is 0.544. The molecule has 1 saturated carbocycles. The molecule has 3 nitrogen and oxygen atoms in total. The topological polar surface area (TPSA) is 52.5 Å². The zero-order valence-electron chi connectivity index (χ0n) is 11.0. The van der Waals surface area contributed by atoms with Crippen molar-refractivity contribution in [1.82, 2.24) is 5.32 Å².